The SMILES string of the molecule is O=C(NC1CCOCC1)c1ccc2c(c1)sc1nc(Br)cn12. The van der Waals surface area contributed by atoms with Crippen LogP contribution in [-0.4, -0.2) is 34.5 Å². The summed E-state index contributed by atoms with van der Waals surface area (Å²) in [6.07, 6.45) is 3.71. The maximum Gasteiger partial charge on any atom is 0.251 e. The van der Waals surface area contributed by atoms with Gasteiger partial charge >= 0.3 is 0 Å². The summed E-state index contributed by atoms with van der Waals surface area (Å²) in [6, 6.07) is 6.01. The van der Waals surface area contributed by atoms with Gasteiger partial charge in [-0.25, -0.2) is 4.98 Å². The van der Waals surface area contributed by atoms with Gasteiger partial charge in [0, 0.05) is 31.0 Å². The van der Waals surface area contributed by atoms with Crippen LogP contribution in [0, 0.1) is 0 Å². The van der Waals surface area contributed by atoms with Gasteiger partial charge in [-0.05, 0) is 47.0 Å². The topological polar surface area (TPSA) is 55.6 Å². The van der Waals surface area contributed by atoms with E-state index in [0.717, 1.165) is 45.8 Å². The van der Waals surface area contributed by atoms with Crippen LogP contribution in [0.25, 0.3) is 15.2 Å². The fourth-order valence-electron chi connectivity index (χ4n) is 2.73. The molecular formula is C15H14BrN3O2S. The molecule has 3 aromatic rings. The minimum atomic E-state index is -0.0129. The first kappa shape index (κ1) is 14.2. The van der Waals surface area contributed by atoms with E-state index in [9.17, 15) is 4.79 Å². The molecule has 0 unspecified atom stereocenters. The summed E-state index contributed by atoms with van der Waals surface area (Å²) < 4.78 is 9.23. The number of ether oxygens (including phenoxy) is 1. The molecule has 22 heavy (non-hydrogen) atoms. The van der Waals surface area contributed by atoms with Gasteiger partial charge in [-0.15, -0.1) is 0 Å². The molecule has 2 aromatic heterocycles. The monoisotopic (exact) mass is 379 g/mol. The highest BCUT2D eigenvalue weighted by molar-refractivity contribution is 9.10. The van der Waals surface area contributed by atoms with Gasteiger partial charge in [-0.2, -0.15) is 0 Å². The van der Waals surface area contributed by atoms with Crippen LogP contribution in [0.5, 0.6) is 0 Å². The Morgan fingerprint density at radius 2 is 2.23 bits per heavy atom. The third-order valence-electron chi connectivity index (χ3n) is 3.88. The third kappa shape index (κ3) is 2.53. The third-order valence-corrected chi connectivity index (χ3v) is 5.28. The minimum Gasteiger partial charge on any atom is -0.381 e. The number of carbonyl (C=O) groups is 1. The number of fused-ring (bicyclic) bond motifs is 3. The number of aromatic nitrogens is 2. The lowest BCUT2D eigenvalue weighted by molar-refractivity contribution is 0.0696. The first-order valence-corrected chi connectivity index (χ1v) is 8.77. The molecule has 4 rings (SSSR count). The van der Waals surface area contributed by atoms with E-state index in [1.165, 1.54) is 0 Å². The molecule has 1 aliphatic rings. The Labute approximate surface area is 139 Å². The van der Waals surface area contributed by atoms with Crippen LogP contribution >= 0.6 is 27.3 Å². The number of hydrogen-bond acceptors (Lipinski definition) is 4. The van der Waals surface area contributed by atoms with E-state index in [-0.39, 0.29) is 11.9 Å². The molecule has 114 valence electrons. The zero-order chi connectivity index (χ0) is 15.1. The number of hydrogen-bond donors (Lipinski definition) is 1. The smallest absolute Gasteiger partial charge is 0.251 e. The number of carbonyl (C=O) groups excluding carboxylic acids is 1. The average molecular weight is 380 g/mol. The molecule has 1 aliphatic heterocycles. The summed E-state index contributed by atoms with van der Waals surface area (Å²) in [6.45, 7) is 1.45. The Morgan fingerprint density at radius 1 is 1.41 bits per heavy atom. The van der Waals surface area contributed by atoms with Gasteiger partial charge in [0.1, 0.15) is 4.60 Å². The second kappa shape index (κ2) is 5.64. The second-order valence-corrected chi connectivity index (χ2v) is 7.18. The van der Waals surface area contributed by atoms with E-state index in [0.29, 0.717) is 5.56 Å². The number of rotatable bonds is 2. The number of amides is 1. The molecule has 7 heteroatoms. The van der Waals surface area contributed by atoms with Crippen molar-refractivity contribution in [3.63, 3.8) is 0 Å². The molecule has 0 saturated carbocycles. The van der Waals surface area contributed by atoms with Crippen LogP contribution in [0.3, 0.4) is 0 Å². The summed E-state index contributed by atoms with van der Waals surface area (Å²) in [7, 11) is 0. The maximum atomic E-state index is 12.4. The van der Waals surface area contributed by atoms with E-state index in [1.807, 2.05) is 28.8 Å². The van der Waals surface area contributed by atoms with Crippen LogP contribution in [-0.2, 0) is 4.74 Å². The van der Waals surface area contributed by atoms with E-state index in [1.54, 1.807) is 11.3 Å². The molecule has 1 fully saturated rings. The van der Waals surface area contributed by atoms with Crippen molar-refractivity contribution in [2.45, 2.75) is 18.9 Å². The van der Waals surface area contributed by atoms with E-state index >= 15 is 0 Å². The number of halogens is 1. The minimum absolute atomic E-state index is 0.0129. The lowest BCUT2D eigenvalue weighted by Crippen LogP contribution is -2.38. The zero-order valence-electron chi connectivity index (χ0n) is 11.7. The molecule has 0 aliphatic carbocycles. The molecular weight excluding hydrogens is 366 g/mol. The number of nitrogens with zero attached hydrogens (tertiary/aromatic N) is 2. The Bertz CT molecular complexity index is 851. The van der Waals surface area contributed by atoms with E-state index < -0.39 is 0 Å². The van der Waals surface area contributed by atoms with Gasteiger partial charge in [-0.3, -0.25) is 9.20 Å². The highest BCUT2D eigenvalue weighted by Gasteiger charge is 2.18. The summed E-state index contributed by atoms with van der Waals surface area (Å²) in [5.74, 6) is -0.0129. The predicted octanol–water partition coefficient (Wildman–Crippen LogP) is 3.22. The van der Waals surface area contributed by atoms with Crippen molar-refractivity contribution < 1.29 is 9.53 Å². The summed E-state index contributed by atoms with van der Waals surface area (Å²) in [5.41, 5.74) is 1.77. The highest BCUT2D eigenvalue weighted by atomic mass is 79.9. The molecule has 0 bridgehead atoms. The van der Waals surface area contributed by atoms with Crippen molar-refractivity contribution in [1.82, 2.24) is 14.7 Å². The Balaban J connectivity index is 1.62. The van der Waals surface area contributed by atoms with Crippen molar-refractivity contribution in [2.24, 2.45) is 0 Å². The number of benzene rings is 1. The maximum absolute atomic E-state index is 12.4. The Morgan fingerprint density at radius 3 is 3.05 bits per heavy atom. The van der Waals surface area contributed by atoms with Crippen molar-refractivity contribution in [3.05, 3.63) is 34.6 Å². The lowest BCUT2D eigenvalue weighted by Gasteiger charge is -2.23. The number of nitrogens with one attached hydrogen (secondary N) is 1. The average Bonchev–Trinajstić information content (AvgIpc) is 3.03. The van der Waals surface area contributed by atoms with Gasteiger partial charge in [0.25, 0.3) is 5.91 Å². The Kier molecular flexibility index (Phi) is 3.63. The molecule has 5 nitrogen and oxygen atoms in total. The van der Waals surface area contributed by atoms with Crippen molar-refractivity contribution in [2.75, 3.05) is 13.2 Å². The molecule has 0 spiro atoms. The van der Waals surface area contributed by atoms with Gasteiger partial charge in [0.05, 0.1) is 10.2 Å². The van der Waals surface area contributed by atoms with Gasteiger partial charge < -0.3 is 10.1 Å². The van der Waals surface area contributed by atoms with E-state index in [4.69, 9.17) is 4.74 Å². The molecule has 1 amide bonds. The summed E-state index contributed by atoms with van der Waals surface area (Å²) in [4.78, 5) is 17.7. The molecule has 1 aromatic carbocycles. The van der Waals surface area contributed by atoms with Crippen LogP contribution < -0.4 is 5.32 Å². The normalized spacial score (nSPS) is 16.4. The van der Waals surface area contributed by atoms with Crippen molar-refractivity contribution in [3.8, 4) is 0 Å². The van der Waals surface area contributed by atoms with Crippen LogP contribution in [0.15, 0.2) is 29.0 Å². The highest BCUT2D eigenvalue weighted by Crippen LogP contribution is 2.28. The van der Waals surface area contributed by atoms with Crippen LogP contribution in [0.2, 0.25) is 0 Å². The summed E-state index contributed by atoms with van der Waals surface area (Å²) in [5, 5.41) is 3.09. The quantitative estimate of drug-likeness (QED) is 0.743. The van der Waals surface area contributed by atoms with Gasteiger partial charge in [0.15, 0.2) is 4.96 Å². The molecule has 0 radical (unpaired) electrons. The molecule has 3 heterocycles. The van der Waals surface area contributed by atoms with Gasteiger partial charge in [0.2, 0.25) is 0 Å². The van der Waals surface area contributed by atoms with Crippen LogP contribution in [0.4, 0.5) is 0 Å². The fraction of sp³-hybridized carbons (Fsp3) is 0.333. The van der Waals surface area contributed by atoms with Gasteiger partial charge in [-0.1, -0.05) is 11.3 Å². The first-order valence-electron chi connectivity index (χ1n) is 7.16. The number of thiazole rings is 1. The van der Waals surface area contributed by atoms with Crippen LogP contribution in [0.1, 0.15) is 23.2 Å². The van der Waals surface area contributed by atoms with E-state index in [2.05, 4.69) is 26.2 Å². The second-order valence-electron chi connectivity index (χ2n) is 5.36. The molecule has 1 N–H and O–H groups in total. The summed E-state index contributed by atoms with van der Waals surface area (Å²) >= 11 is 4.96. The lowest BCUT2D eigenvalue weighted by atomic mass is 10.1. The largest absolute Gasteiger partial charge is 0.381 e. The zero-order valence-corrected chi connectivity index (χ0v) is 14.1. The standard InChI is InChI=1S/C15H14BrN3O2S/c16-13-8-19-11-2-1-9(7-12(11)22-15(19)18-13)14(20)17-10-3-5-21-6-4-10/h1-2,7-8,10H,3-6H2,(H,17,20). The van der Waals surface area contributed by atoms with Crippen molar-refractivity contribution >= 4 is 48.4 Å². The fourth-order valence-corrected chi connectivity index (χ4v) is 4.26. The van der Waals surface area contributed by atoms with Crippen molar-refractivity contribution in [1.29, 1.82) is 0 Å². The molecule has 0 atom stereocenters. The Hall–Kier alpha value is -1.44. The molecule has 1 saturated heterocycles. The first-order chi connectivity index (χ1) is 10.7. The predicted molar refractivity (Wildman–Crippen MR) is 89.6 cm³/mol. The number of imidazole rings is 1.